The van der Waals surface area contributed by atoms with Gasteiger partial charge in [-0.25, -0.2) is 8.42 Å². The first-order valence-electron chi connectivity index (χ1n) is 11.9. The van der Waals surface area contributed by atoms with Crippen molar-refractivity contribution in [3.63, 3.8) is 0 Å². The van der Waals surface area contributed by atoms with Crippen molar-refractivity contribution in [1.29, 1.82) is 0 Å². The first-order chi connectivity index (χ1) is 16.1. The largest absolute Gasteiger partial charge is 0.412 e. The van der Waals surface area contributed by atoms with Crippen molar-refractivity contribution in [1.82, 2.24) is 0 Å². The molecule has 38 heavy (non-hydrogen) atoms. The Balaban J connectivity index is -0.000000330. The molecule has 0 aliphatic rings. The number of nitrogens with two attached hydrogens (primary N) is 1. The summed E-state index contributed by atoms with van der Waals surface area (Å²) in [5.74, 6) is 0. The smallest absolute Gasteiger partial charge is 0.294 e. The Labute approximate surface area is 243 Å². The van der Waals surface area contributed by atoms with Crippen LogP contribution in [0, 0.1) is 0 Å². The zero-order valence-electron chi connectivity index (χ0n) is 22.2. The molecule has 0 aliphatic carbocycles. The number of rotatable bonds is 14. The first-order valence-corrected chi connectivity index (χ1v) is 14.9. The molecule has 0 bridgehead atoms. The summed E-state index contributed by atoms with van der Waals surface area (Å²) >= 11 is 0. The van der Waals surface area contributed by atoms with Crippen molar-refractivity contribution in [2.75, 3.05) is 5.73 Å². The molecule has 12 heteroatoms. The van der Waals surface area contributed by atoms with Gasteiger partial charge in [-0.1, -0.05) is 89.5 Å². The summed E-state index contributed by atoms with van der Waals surface area (Å²) < 4.78 is 53.4. The molecule has 0 amide bonds. The van der Waals surface area contributed by atoms with Crippen LogP contribution < -0.4 is 5.73 Å². The summed E-state index contributed by atoms with van der Waals surface area (Å²) in [5.41, 5.74) is 6.67. The monoisotopic (exact) mass is 611 g/mol. The summed E-state index contributed by atoms with van der Waals surface area (Å²) in [4.78, 5) is 0.276. The molecule has 0 radical (unpaired) electrons. The number of benzene rings is 2. The van der Waals surface area contributed by atoms with Gasteiger partial charge in [-0.2, -0.15) is 8.42 Å². The van der Waals surface area contributed by atoms with Crippen LogP contribution in [0.2, 0.25) is 0 Å². The summed E-state index contributed by atoms with van der Waals surface area (Å²) in [6.45, 7) is 5.67. The third-order valence-corrected chi connectivity index (χ3v) is 7.79. The van der Waals surface area contributed by atoms with Crippen molar-refractivity contribution >= 4 is 25.6 Å². The van der Waals surface area contributed by atoms with Gasteiger partial charge >= 0.3 is 0 Å². The van der Waals surface area contributed by atoms with Gasteiger partial charge in [0.25, 0.3) is 10.1 Å². The Hall–Kier alpha value is -1.57. The average molecular weight is 612 g/mol. The maximum atomic E-state index is 12.0. The van der Waals surface area contributed by atoms with Crippen LogP contribution in [0.3, 0.4) is 0 Å². The van der Waals surface area contributed by atoms with E-state index in [0.717, 1.165) is 23.8 Å². The third-order valence-electron chi connectivity index (χ3n) is 5.48. The predicted molar refractivity (Wildman–Crippen MR) is 151 cm³/mol. The Bertz CT molecular complexity index is 1080. The van der Waals surface area contributed by atoms with E-state index in [9.17, 15) is 16.8 Å². The molecule has 0 fully saturated rings. The summed E-state index contributed by atoms with van der Waals surface area (Å²) in [7, 11) is -7.40. The molecule has 0 saturated heterocycles. The number of nitrogen functional groups attached to an aromatic ring is 1. The third kappa shape index (κ3) is 17.9. The second-order valence-corrected chi connectivity index (χ2v) is 11.6. The van der Waals surface area contributed by atoms with Crippen LogP contribution in [0.15, 0.2) is 70.3 Å². The minimum Gasteiger partial charge on any atom is -0.412 e. The zero-order chi connectivity index (χ0) is 25.5. The fourth-order valence-electron chi connectivity index (χ4n) is 3.52. The number of sulfone groups is 1. The van der Waals surface area contributed by atoms with Gasteiger partial charge in [0.2, 0.25) is 0 Å². The van der Waals surface area contributed by atoms with E-state index in [-0.39, 0.29) is 43.0 Å². The first kappa shape index (κ1) is 43.5. The molecule has 0 spiro atoms. The van der Waals surface area contributed by atoms with E-state index < -0.39 is 20.0 Å². The minimum absolute atomic E-state index is 0. The van der Waals surface area contributed by atoms with Crippen molar-refractivity contribution in [3.8, 4) is 0 Å². The van der Waals surface area contributed by atoms with Crippen molar-refractivity contribution in [2.24, 2.45) is 0 Å². The van der Waals surface area contributed by atoms with Gasteiger partial charge in [0.1, 0.15) is 0 Å². The molecule has 0 aliphatic heterocycles. The van der Waals surface area contributed by atoms with Crippen molar-refractivity contribution in [3.05, 3.63) is 66.1 Å². The van der Waals surface area contributed by atoms with Gasteiger partial charge in [-0.05, 0) is 48.7 Å². The average Bonchev–Trinajstić information content (AvgIpc) is 2.80. The molecule has 2 aromatic carbocycles. The molecule has 0 aromatic heterocycles. The van der Waals surface area contributed by atoms with E-state index in [0.29, 0.717) is 10.6 Å². The molecule has 0 heterocycles. The van der Waals surface area contributed by atoms with Gasteiger partial charge in [-0.3, -0.25) is 4.55 Å². The van der Waals surface area contributed by atoms with Crippen LogP contribution in [0.4, 0.5) is 5.69 Å². The predicted octanol–water partition coefficient (Wildman–Crippen LogP) is 4.11. The van der Waals surface area contributed by atoms with Crippen LogP contribution in [-0.4, -0.2) is 37.8 Å². The molecule has 218 valence electrons. The van der Waals surface area contributed by atoms with Gasteiger partial charge < -0.3 is 22.2 Å². The molecule has 9 nitrogen and oxygen atoms in total. The number of aryl methyl sites for hydroxylation is 1. The molecule has 2 rings (SSSR count). The van der Waals surface area contributed by atoms with Crippen LogP contribution >= 0.6 is 0 Å². The maximum Gasteiger partial charge on any atom is 0.294 e. The number of anilines is 1. The molecule has 2 aromatic rings. The van der Waals surface area contributed by atoms with Crippen LogP contribution in [0.1, 0.15) is 76.7 Å². The fourth-order valence-corrected chi connectivity index (χ4v) is 4.98. The van der Waals surface area contributed by atoms with Crippen molar-refractivity contribution < 1.29 is 59.5 Å². The molecular weight excluding hydrogens is 566 g/mol. The second-order valence-electron chi connectivity index (χ2n) is 8.30. The van der Waals surface area contributed by atoms with Crippen LogP contribution in [-0.2, 0) is 48.1 Å². The number of hydrogen-bond donors (Lipinski definition) is 2. The van der Waals surface area contributed by atoms with E-state index >= 15 is 0 Å². The van der Waals surface area contributed by atoms with E-state index in [4.69, 9.17) is 10.3 Å². The van der Waals surface area contributed by atoms with E-state index in [1.54, 1.807) is 12.1 Å². The molecular formula is C26H45NO8S2Ti. The molecule has 0 atom stereocenters. The number of hydrogen-bond acceptors (Lipinski definition) is 5. The Morgan fingerprint density at radius 1 is 0.763 bits per heavy atom. The van der Waals surface area contributed by atoms with Crippen molar-refractivity contribution in [2.45, 2.75) is 87.3 Å². The molecule has 0 saturated carbocycles. The maximum absolute atomic E-state index is 12.0. The quantitative estimate of drug-likeness (QED) is 0.139. The Kier molecular flexibility index (Phi) is 26.7. The summed E-state index contributed by atoms with van der Waals surface area (Å²) in [6, 6.07) is 12.6. The summed E-state index contributed by atoms with van der Waals surface area (Å²) in [6.07, 6.45) is 13.8. The van der Waals surface area contributed by atoms with Gasteiger partial charge in [-0.15, -0.1) is 0 Å². The Morgan fingerprint density at radius 2 is 1.21 bits per heavy atom. The van der Waals surface area contributed by atoms with E-state index in [1.807, 2.05) is 12.1 Å². The normalized spacial score (nSPS) is 10.3. The number of unbranched alkanes of at least 4 members (excludes halogenated alkanes) is 9. The van der Waals surface area contributed by atoms with Gasteiger partial charge in [0.15, 0.2) is 9.84 Å². The molecule has 9 N–H and O–H groups in total. The standard InChI is InChI=1S/C20H32O2S.C6H7NO3S.3H2O.Ti/c1-3-5-6-7-8-9-10-11-12-13-16-19-17-14-15-18-20(19)23(21,22)4-2;7-5-1-3-6(4-2-5)11(8,9)10;;;;/h4,14-15,17-18H,2-3,5-13,16H2,1H3;1-4H,7H2,(H,8,9,10);3*1H2;. The topological polar surface area (TPSA) is 209 Å². The van der Waals surface area contributed by atoms with Crippen LogP contribution in [0.5, 0.6) is 0 Å². The van der Waals surface area contributed by atoms with Crippen LogP contribution in [0.25, 0.3) is 0 Å². The van der Waals surface area contributed by atoms with E-state index in [2.05, 4.69) is 13.5 Å². The van der Waals surface area contributed by atoms with E-state index in [1.165, 1.54) is 82.1 Å². The summed E-state index contributed by atoms with van der Waals surface area (Å²) in [5, 5.41) is 1.05. The van der Waals surface area contributed by atoms with Gasteiger partial charge in [0, 0.05) is 32.8 Å². The van der Waals surface area contributed by atoms with Gasteiger partial charge in [0.05, 0.1) is 9.79 Å². The SMILES string of the molecule is C=CS(=O)(=O)c1ccccc1CCCCCCCCCCCC.Nc1ccc(S(=O)(=O)O)cc1.O.O.O.[Ti]. The fraction of sp³-hybridized carbons (Fsp3) is 0.462. The zero-order valence-corrected chi connectivity index (χ0v) is 25.4. The molecule has 0 unspecified atom stereocenters. The Morgan fingerprint density at radius 3 is 1.66 bits per heavy atom. The second kappa shape index (κ2) is 23.3. The minimum atomic E-state index is -4.08.